The van der Waals surface area contributed by atoms with Crippen molar-refractivity contribution in [1.29, 1.82) is 0 Å². The first-order chi connectivity index (χ1) is 16.9. The lowest BCUT2D eigenvalue weighted by Crippen LogP contribution is -2.12. The summed E-state index contributed by atoms with van der Waals surface area (Å²) in [4.78, 5) is 25.3. The van der Waals surface area contributed by atoms with Crippen LogP contribution in [-0.4, -0.2) is 45.7 Å². The molecule has 10 nitrogen and oxygen atoms in total. The fraction of sp³-hybridized carbons (Fsp3) is 0.200. The minimum absolute atomic E-state index is 0.221. The number of ether oxygens (including phenoxy) is 2. The van der Waals surface area contributed by atoms with Gasteiger partial charge in [0.2, 0.25) is 5.95 Å². The summed E-state index contributed by atoms with van der Waals surface area (Å²) in [6.45, 7) is 6.82. The number of fused-ring (bicyclic) bond motifs is 1. The molecule has 0 aliphatic heterocycles. The summed E-state index contributed by atoms with van der Waals surface area (Å²) in [5.74, 6) is 1.15. The maximum absolute atomic E-state index is 11.9. The number of imidazole rings is 1. The topological polar surface area (TPSA) is 129 Å². The standard InChI is InChI=1S/C25H27N7O3/c1-16(2)24(33)28-19-6-4-5-17(13-19)14-32-15-27-21-22(26)30-25(31-23(21)32)29-18-7-9-20(10-8-18)35-12-11-34-3/h4-10,13,15H,1,11-12,14H2,2-3H3,(H,28,33)(H3,26,29,30,31). The van der Waals surface area contributed by atoms with Gasteiger partial charge >= 0.3 is 0 Å². The fourth-order valence-electron chi connectivity index (χ4n) is 3.33. The number of nitrogen functional groups attached to an aromatic ring is 1. The van der Waals surface area contributed by atoms with Gasteiger partial charge in [-0.2, -0.15) is 9.97 Å². The van der Waals surface area contributed by atoms with Gasteiger partial charge in [0.15, 0.2) is 11.5 Å². The van der Waals surface area contributed by atoms with E-state index in [0.717, 1.165) is 17.0 Å². The van der Waals surface area contributed by atoms with Crippen molar-refractivity contribution >= 4 is 40.2 Å². The maximum Gasteiger partial charge on any atom is 0.250 e. The Labute approximate surface area is 202 Å². The molecule has 0 unspecified atom stereocenters. The van der Waals surface area contributed by atoms with E-state index in [1.807, 2.05) is 53.1 Å². The van der Waals surface area contributed by atoms with Crippen molar-refractivity contribution in [3.8, 4) is 5.75 Å². The number of carbonyl (C=O) groups is 1. The van der Waals surface area contributed by atoms with Crippen molar-refractivity contribution in [2.45, 2.75) is 13.5 Å². The number of amides is 1. The summed E-state index contributed by atoms with van der Waals surface area (Å²) in [6, 6.07) is 15.0. The summed E-state index contributed by atoms with van der Waals surface area (Å²) in [6.07, 6.45) is 1.67. The lowest BCUT2D eigenvalue weighted by molar-refractivity contribution is -0.112. The average molecular weight is 474 g/mol. The van der Waals surface area contributed by atoms with Gasteiger partial charge in [0, 0.05) is 24.1 Å². The van der Waals surface area contributed by atoms with E-state index in [1.54, 1.807) is 20.4 Å². The lowest BCUT2D eigenvalue weighted by Gasteiger charge is -2.10. The van der Waals surface area contributed by atoms with Crippen LogP contribution in [0.3, 0.4) is 0 Å². The summed E-state index contributed by atoms with van der Waals surface area (Å²) < 4.78 is 12.5. The molecule has 180 valence electrons. The number of nitrogens with one attached hydrogen (secondary N) is 2. The molecule has 1 amide bonds. The second kappa shape index (κ2) is 10.7. The first kappa shape index (κ1) is 23.7. The van der Waals surface area contributed by atoms with Gasteiger partial charge in [0.1, 0.15) is 17.9 Å². The quantitative estimate of drug-likeness (QED) is 0.235. The zero-order valence-electron chi connectivity index (χ0n) is 19.6. The lowest BCUT2D eigenvalue weighted by atomic mass is 10.2. The van der Waals surface area contributed by atoms with Crippen LogP contribution in [0.25, 0.3) is 11.2 Å². The highest BCUT2D eigenvalue weighted by Gasteiger charge is 2.13. The number of aromatic nitrogens is 4. The SMILES string of the molecule is C=C(C)C(=O)Nc1cccc(Cn2cnc3c(N)nc(Nc4ccc(OCCOC)cc4)nc32)c1. The molecule has 2 heterocycles. The van der Waals surface area contributed by atoms with E-state index in [9.17, 15) is 4.79 Å². The number of nitrogens with two attached hydrogens (primary N) is 1. The van der Waals surface area contributed by atoms with E-state index in [-0.39, 0.29) is 11.7 Å². The number of anilines is 4. The van der Waals surface area contributed by atoms with Crippen LogP contribution in [0.5, 0.6) is 5.75 Å². The van der Waals surface area contributed by atoms with Crippen LogP contribution in [0.15, 0.2) is 67.0 Å². The van der Waals surface area contributed by atoms with E-state index < -0.39 is 0 Å². The number of carbonyl (C=O) groups excluding carboxylic acids is 1. The monoisotopic (exact) mass is 473 g/mol. The van der Waals surface area contributed by atoms with Gasteiger partial charge in [0.05, 0.1) is 19.5 Å². The zero-order chi connectivity index (χ0) is 24.8. The molecule has 4 N–H and O–H groups in total. The van der Waals surface area contributed by atoms with Gasteiger partial charge < -0.3 is 30.4 Å². The maximum atomic E-state index is 11.9. The van der Waals surface area contributed by atoms with Crippen LogP contribution in [0.4, 0.5) is 23.1 Å². The number of benzene rings is 2. The Hall–Kier alpha value is -4.44. The van der Waals surface area contributed by atoms with Crippen LogP contribution in [-0.2, 0) is 16.1 Å². The first-order valence-electron chi connectivity index (χ1n) is 11.0. The molecule has 0 aliphatic rings. The van der Waals surface area contributed by atoms with E-state index in [2.05, 4.69) is 32.2 Å². The minimum Gasteiger partial charge on any atom is -0.491 e. The molecule has 2 aromatic heterocycles. The molecule has 35 heavy (non-hydrogen) atoms. The predicted molar refractivity (Wildman–Crippen MR) is 136 cm³/mol. The number of nitrogens with zero attached hydrogens (tertiary/aromatic N) is 4. The Balaban J connectivity index is 1.52. The number of hydrogen-bond acceptors (Lipinski definition) is 8. The van der Waals surface area contributed by atoms with Crippen molar-refractivity contribution < 1.29 is 14.3 Å². The molecule has 0 fully saturated rings. The second-order valence-electron chi connectivity index (χ2n) is 7.90. The highest BCUT2D eigenvalue weighted by atomic mass is 16.5. The van der Waals surface area contributed by atoms with Crippen LogP contribution < -0.4 is 21.1 Å². The normalized spacial score (nSPS) is 10.8. The van der Waals surface area contributed by atoms with Gasteiger partial charge in [-0.25, -0.2) is 4.98 Å². The smallest absolute Gasteiger partial charge is 0.250 e. The van der Waals surface area contributed by atoms with Gasteiger partial charge in [0.25, 0.3) is 5.91 Å². The molecular weight excluding hydrogens is 446 g/mol. The van der Waals surface area contributed by atoms with E-state index in [0.29, 0.717) is 48.1 Å². The zero-order valence-corrected chi connectivity index (χ0v) is 19.6. The summed E-state index contributed by atoms with van der Waals surface area (Å²) in [7, 11) is 1.63. The first-order valence-corrected chi connectivity index (χ1v) is 11.0. The number of methoxy groups -OCH3 is 1. The highest BCUT2D eigenvalue weighted by molar-refractivity contribution is 6.02. The molecule has 4 aromatic rings. The Bertz CT molecular complexity index is 1350. The largest absolute Gasteiger partial charge is 0.491 e. The molecule has 0 saturated carbocycles. The van der Waals surface area contributed by atoms with Crippen LogP contribution in [0.2, 0.25) is 0 Å². The van der Waals surface area contributed by atoms with E-state index in [1.165, 1.54) is 0 Å². The van der Waals surface area contributed by atoms with Crippen LogP contribution in [0, 0.1) is 0 Å². The average Bonchev–Trinajstić information content (AvgIpc) is 3.23. The van der Waals surface area contributed by atoms with Gasteiger partial charge in [-0.3, -0.25) is 4.79 Å². The molecule has 2 aromatic carbocycles. The number of hydrogen-bond donors (Lipinski definition) is 3. The summed E-state index contributed by atoms with van der Waals surface area (Å²) >= 11 is 0. The Morgan fingerprint density at radius 2 is 1.91 bits per heavy atom. The van der Waals surface area contributed by atoms with Gasteiger partial charge in [-0.1, -0.05) is 18.7 Å². The van der Waals surface area contributed by atoms with Gasteiger partial charge in [-0.15, -0.1) is 0 Å². The van der Waals surface area contributed by atoms with Crippen molar-refractivity contribution in [2.24, 2.45) is 0 Å². The molecule has 0 radical (unpaired) electrons. The second-order valence-corrected chi connectivity index (χ2v) is 7.90. The predicted octanol–water partition coefficient (Wildman–Crippen LogP) is 3.74. The molecule has 0 spiro atoms. The van der Waals surface area contributed by atoms with Crippen molar-refractivity contribution in [3.63, 3.8) is 0 Å². The molecule has 10 heteroatoms. The van der Waals surface area contributed by atoms with Gasteiger partial charge in [-0.05, 0) is 48.9 Å². The minimum atomic E-state index is -0.221. The highest BCUT2D eigenvalue weighted by Crippen LogP contribution is 2.23. The van der Waals surface area contributed by atoms with Crippen molar-refractivity contribution in [3.05, 3.63) is 72.6 Å². The molecule has 4 rings (SSSR count). The third-order valence-electron chi connectivity index (χ3n) is 5.08. The Morgan fingerprint density at radius 1 is 1.11 bits per heavy atom. The Morgan fingerprint density at radius 3 is 2.66 bits per heavy atom. The fourth-order valence-corrected chi connectivity index (χ4v) is 3.33. The molecule has 0 aliphatic carbocycles. The third-order valence-corrected chi connectivity index (χ3v) is 5.08. The third kappa shape index (κ3) is 5.92. The molecule has 0 bridgehead atoms. The van der Waals surface area contributed by atoms with Crippen LogP contribution >= 0.6 is 0 Å². The van der Waals surface area contributed by atoms with Crippen LogP contribution in [0.1, 0.15) is 12.5 Å². The summed E-state index contributed by atoms with van der Waals surface area (Å²) in [5, 5.41) is 6.00. The van der Waals surface area contributed by atoms with Crippen molar-refractivity contribution in [2.75, 3.05) is 36.7 Å². The number of rotatable bonds is 10. The van der Waals surface area contributed by atoms with E-state index >= 15 is 0 Å². The van der Waals surface area contributed by atoms with Crippen molar-refractivity contribution in [1.82, 2.24) is 19.5 Å². The molecule has 0 atom stereocenters. The molecule has 0 saturated heterocycles. The Kier molecular flexibility index (Phi) is 7.22. The molecular formula is C25H27N7O3. The summed E-state index contributed by atoms with van der Waals surface area (Å²) in [5.41, 5.74) is 10.1. The van der Waals surface area contributed by atoms with E-state index in [4.69, 9.17) is 15.2 Å².